The molecule has 6 nitrogen and oxygen atoms in total. The molecule has 0 aliphatic carbocycles. The van der Waals surface area contributed by atoms with E-state index in [0.717, 1.165) is 89.9 Å². The molecule has 0 saturated carbocycles. The Bertz CT molecular complexity index is 1450. The summed E-state index contributed by atoms with van der Waals surface area (Å²) in [7, 11) is 0. The van der Waals surface area contributed by atoms with Crippen LogP contribution in [0.5, 0.6) is 0 Å². The van der Waals surface area contributed by atoms with Crippen LogP contribution in [-0.2, 0) is 28.6 Å². The lowest BCUT2D eigenvalue weighted by Gasteiger charge is -2.18. The van der Waals surface area contributed by atoms with Crippen LogP contribution in [0, 0.1) is 0 Å². The van der Waals surface area contributed by atoms with Crippen molar-refractivity contribution in [3.63, 3.8) is 0 Å². The summed E-state index contributed by atoms with van der Waals surface area (Å²) in [6.45, 7) is 6.32. The smallest absolute Gasteiger partial charge is 0.306 e. The number of rotatable bonds is 44. The van der Waals surface area contributed by atoms with Crippen molar-refractivity contribution in [1.82, 2.24) is 0 Å². The van der Waals surface area contributed by atoms with Crippen LogP contribution in [0.25, 0.3) is 0 Å². The molecule has 0 aromatic rings. The summed E-state index contributed by atoms with van der Waals surface area (Å²) < 4.78 is 16.7. The largest absolute Gasteiger partial charge is 0.462 e. The third kappa shape index (κ3) is 50.4. The highest BCUT2D eigenvalue weighted by Gasteiger charge is 2.19. The molecule has 0 bridgehead atoms. The second kappa shape index (κ2) is 52.2. The van der Waals surface area contributed by atoms with Crippen LogP contribution in [0.1, 0.15) is 201 Å². The van der Waals surface area contributed by atoms with Gasteiger partial charge < -0.3 is 14.2 Å². The van der Waals surface area contributed by atoms with Crippen molar-refractivity contribution >= 4 is 17.9 Å². The summed E-state index contributed by atoms with van der Waals surface area (Å²) in [6, 6.07) is 0. The first-order valence-corrected chi connectivity index (χ1v) is 25.7. The van der Waals surface area contributed by atoms with Gasteiger partial charge in [-0.2, -0.15) is 0 Å². The number of unbranched alkanes of at least 4 members (excludes halogenated alkanes) is 11. The van der Waals surface area contributed by atoms with Gasteiger partial charge in [-0.05, 0) is 135 Å². The number of carbonyl (C=O) groups excluding carboxylic acids is 3. The van der Waals surface area contributed by atoms with E-state index in [1.165, 1.54) is 51.4 Å². The van der Waals surface area contributed by atoms with Gasteiger partial charge in [0.25, 0.3) is 0 Å². The lowest BCUT2D eigenvalue weighted by atomic mass is 10.1. The van der Waals surface area contributed by atoms with Crippen LogP contribution >= 0.6 is 0 Å². The van der Waals surface area contributed by atoms with Gasteiger partial charge in [0.2, 0.25) is 0 Å². The molecule has 0 saturated heterocycles. The van der Waals surface area contributed by atoms with Crippen LogP contribution in [0.3, 0.4) is 0 Å². The molecule has 0 heterocycles. The Kier molecular flexibility index (Phi) is 48.6. The normalized spacial score (nSPS) is 13.2. The molecule has 65 heavy (non-hydrogen) atoms. The fourth-order valence-electron chi connectivity index (χ4n) is 6.25. The number of esters is 3. The average Bonchev–Trinajstić information content (AvgIpc) is 3.30. The molecule has 0 N–H and O–H groups in total. The van der Waals surface area contributed by atoms with E-state index in [1.54, 1.807) is 0 Å². The Hall–Kier alpha value is -4.45. The summed E-state index contributed by atoms with van der Waals surface area (Å²) >= 11 is 0. The molecule has 1 atom stereocenters. The molecule has 6 heteroatoms. The van der Waals surface area contributed by atoms with Crippen molar-refractivity contribution in [3.05, 3.63) is 134 Å². The minimum Gasteiger partial charge on any atom is -0.462 e. The molecule has 0 aromatic carbocycles. The molecular formula is C59H92O6. The standard InChI is InChI=1S/C59H92O6/c1-4-7-10-13-16-19-22-25-28-29-32-34-37-40-43-46-49-52-58(61)64-55-56(65-59(62)53-50-47-44-41-38-35-31-27-24-21-18-15-12-9-6-3)54-63-57(60)51-48-45-42-39-36-33-30-26-23-20-17-14-11-8-5-2/h7,10,16-21,25-28,30-32,34,36,38-41,43,56H,4-6,8-9,11-15,22-24,29,33,35,37,42,44-55H2,1-3H3/b10-7-,19-16-,20-17-,21-18-,28-25-,30-26-,31-27-,34-32-,39-36-,41-38-,43-40-. The minimum absolute atomic E-state index is 0.136. The maximum Gasteiger partial charge on any atom is 0.306 e. The molecule has 0 rings (SSSR count). The molecule has 0 aliphatic heterocycles. The van der Waals surface area contributed by atoms with E-state index in [9.17, 15) is 14.4 Å². The van der Waals surface area contributed by atoms with Crippen LogP contribution < -0.4 is 0 Å². The fourth-order valence-corrected chi connectivity index (χ4v) is 6.25. The van der Waals surface area contributed by atoms with Crippen molar-refractivity contribution in [2.24, 2.45) is 0 Å². The van der Waals surface area contributed by atoms with Gasteiger partial charge in [0.15, 0.2) is 6.10 Å². The van der Waals surface area contributed by atoms with Gasteiger partial charge in [-0.25, -0.2) is 0 Å². The number of carbonyl (C=O) groups is 3. The van der Waals surface area contributed by atoms with Gasteiger partial charge in [0.05, 0.1) is 0 Å². The maximum atomic E-state index is 12.8. The van der Waals surface area contributed by atoms with Crippen LogP contribution in [0.4, 0.5) is 0 Å². The fraction of sp³-hybridized carbons (Fsp3) is 0.576. The number of ether oxygens (including phenoxy) is 3. The molecule has 0 spiro atoms. The Morgan fingerprint density at radius 1 is 0.323 bits per heavy atom. The van der Waals surface area contributed by atoms with E-state index in [-0.39, 0.29) is 50.4 Å². The van der Waals surface area contributed by atoms with Gasteiger partial charge in [-0.1, -0.05) is 180 Å². The summed E-state index contributed by atoms with van der Waals surface area (Å²) in [5.41, 5.74) is 0. The summed E-state index contributed by atoms with van der Waals surface area (Å²) in [6.07, 6.45) is 73.0. The second-order valence-corrected chi connectivity index (χ2v) is 16.3. The molecule has 364 valence electrons. The molecule has 0 radical (unpaired) electrons. The molecule has 0 fully saturated rings. The van der Waals surface area contributed by atoms with Crippen molar-refractivity contribution in [2.45, 2.75) is 207 Å². The Labute approximate surface area is 398 Å². The van der Waals surface area contributed by atoms with Gasteiger partial charge in [0.1, 0.15) is 13.2 Å². The highest BCUT2D eigenvalue weighted by atomic mass is 16.6. The zero-order valence-electron chi connectivity index (χ0n) is 41.4. The highest BCUT2D eigenvalue weighted by molar-refractivity contribution is 5.71. The first kappa shape index (κ1) is 60.5. The molecule has 0 aliphatic rings. The average molecular weight is 897 g/mol. The van der Waals surface area contributed by atoms with Crippen LogP contribution in [0.2, 0.25) is 0 Å². The lowest BCUT2D eigenvalue weighted by Crippen LogP contribution is -2.30. The quantitative estimate of drug-likeness (QED) is 0.0262. The van der Waals surface area contributed by atoms with E-state index in [4.69, 9.17) is 14.2 Å². The van der Waals surface area contributed by atoms with Crippen molar-refractivity contribution < 1.29 is 28.6 Å². The molecular weight excluding hydrogens is 805 g/mol. The van der Waals surface area contributed by atoms with Crippen molar-refractivity contribution in [3.8, 4) is 0 Å². The topological polar surface area (TPSA) is 78.9 Å². The number of hydrogen-bond acceptors (Lipinski definition) is 6. The van der Waals surface area contributed by atoms with Gasteiger partial charge in [-0.3, -0.25) is 14.4 Å². The zero-order valence-corrected chi connectivity index (χ0v) is 41.4. The maximum absolute atomic E-state index is 12.8. The zero-order chi connectivity index (χ0) is 47.2. The van der Waals surface area contributed by atoms with Gasteiger partial charge in [-0.15, -0.1) is 0 Å². The number of hydrogen-bond donors (Lipinski definition) is 0. The van der Waals surface area contributed by atoms with E-state index < -0.39 is 6.10 Å². The Morgan fingerprint density at radius 2 is 0.600 bits per heavy atom. The predicted molar refractivity (Wildman–Crippen MR) is 279 cm³/mol. The summed E-state index contributed by atoms with van der Waals surface area (Å²) in [5, 5.41) is 0. The second-order valence-electron chi connectivity index (χ2n) is 16.3. The lowest BCUT2D eigenvalue weighted by molar-refractivity contribution is -0.167. The van der Waals surface area contributed by atoms with Gasteiger partial charge in [0, 0.05) is 19.3 Å². The van der Waals surface area contributed by atoms with E-state index in [2.05, 4.69) is 154 Å². The first-order chi connectivity index (χ1) is 32.0. The SMILES string of the molecule is CC/C=C\C/C=C\C/C=C\C/C=C\C/C=C\CCCC(=O)OCC(COC(=O)CCCC/C=C\C/C=C\C/C=C\CCCCC)OC(=O)CCCC/C=C\C/C=C\C/C=C\CCCCC. The highest BCUT2D eigenvalue weighted by Crippen LogP contribution is 2.10. The molecule has 1 unspecified atom stereocenters. The third-order valence-electron chi connectivity index (χ3n) is 10.1. The van der Waals surface area contributed by atoms with Crippen molar-refractivity contribution in [1.29, 1.82) is 0 Å². The first-order valence-electron chi connectivity index (χ1n) is 25.7. The Balaban J connectivity index is 4.63. The molecule has 0 amide bonds. The van der Waals surface area contributed by atoms with E-state index >= 15 is 0 Å². The summed E-state index contributed by atoms with van der Waals surface area (Å²) in [5.74, 6) is -1.08. The summed E-state index contributed by atoms with van der Waals surface area (Å²) in [4.78, 5) is 38.0. The predicted octanol–water partition coefficient (Wildman–Crippen LogP) is 17.1. The van der Waals surface area contributed by atoms with Crippen LogP contribution in [-0.4, -0.2) is 37.2 Å². The monoisotopic (exact) mass is 897 g/mol. The van der Waals surface area contributed by atoms with Crippen LogP contribution in [0.15, 0.2) is 134 Å². The third-order valence-corrected chi connectivity index (χ3v) is 10.1. The molecule has 0 aromatic heterocycles. The van der Waals surface area contributed by atoms with E-state index in [0.29, 0.717) is 19.3 Å². The minimum atomic E-state index is -0.841. The number of allylic oxidation sites excluding steroid dienone is 22. The van der Waals surface area contributed by atoms with Crippen molar-refractivity contribution in [2.75, 3.05) is 13.2 Å². The Morgan fingerprint density at radius 3 is 0.938 bits per heavy atom. The van der Waals surface area contributed by atoms with Gasteiger partial charge >= 0.3 is 17.9 Å². The van der Waals surface area contributed by atoms with E-state index in [1.807, 2.05) is 0 Å².